The predicted octanol–water partition coefficient (Wildman–Crippen LogP) is 2.88. The maximum absolute atomic E-state index is 12.8. The van der Waals surface area contributed by atoms with Gasteiger partial charge in [0.15, 0.2) is 0 Å². The number of hydrogen-bond donors (Lipinski definition) is 1. The van der Waals surface area contributed by atoms with Crippen molar-refractivity contribution in [2.45, 2.75) is 56.9 Å². The molecule has 0 aromatic carbocycles. The van der Waals surface area contributed by atoms with Crippen LogP contribution in [0.4, 0.5) is 13.2 Å². The van der Waals surface area contributed by atoms with Gasteiger partial charge >= 0.3 is 6.18 Å². The van der Waals surface area contributed by atoms with E-state index in [0.717, 1.165) is 6.42 Å². The van der Waals surface area contributed by atoms with Crippen LogP contribution in [0.2, 0.25) is 0 Å². The Balaban J connectivity index is 2.10. The predicted molar refractivity (Wildman–Crippen MR) is 58.8 cm³/mol. The highest BCUT2D eigenvalue weighted by Crippen LogP contribution is 2.45. The van der Waals surface area contributed by atoms with E-state index in [1.165, 1.54) is 0 Å². The van der Waals surface area contributed by atoms with Crippen molar-refractivity contribution in [2.75, 3.05) is 13.1 Å². The highest BCUT2D eigenvalue weighted by Gasteiger charge is 2.50. The Bertz CT molecular complexity index is 286. The Labute approximate surface area is 99.9 Å². The fourth-order valence-electron chi connectivity index (χ4n) is 3.11. The van der Waals surface area contributed by atoms with Crippen molar-refractivity contribution in [1.29, 1.82) is 0 Å². The summed E-state index contributed by atoms with van der Waals surface area (Å²) in [7, 11) is 0. The Morgan fingerprint density at radius 2 is 1.94 bits per heavy atom. The van der Waals surface area contributed by atoms with Crippen LogP contribution in [0.15, 0.2) is 0 Å². The van der Waals surface area contributed by atoms with Crippen LogP contribution < -0.4 is 5.32 Å². The van der Waals surface area contributed by atoms with Crippen LogP contribution in [0, 0.1) is 5.92 Å². The summed E-state index contributed by atoms with van der Waals surface area (Å²) in [5.41, 5.74) is -0.980. The molecule has 1 N–H and O–H groups in total. The standard InChI is InChI=1S/C12H20F3NO/c1-10(2)7-16-8-11(17-10)5-3-4-9(6-11)12(13,14)15/h9,16H,3-8H2,1-2H3. The van der Waals surface area contributed by atoms with Crippen molar-refractivity contribution in [3.63, 3.8) is 0 Å². The maximum atomic E-state index is 12.8. The molecule has 1 aliphatic heterocycles. The van der Waals surface area contributed by atoms with Gasteiger partial charge in [-0.2, -0.15) is 13.2 Å². The summed E-state index contributed by atoms with van der Waals surface area (Å²) in [6.07, 6.45) is -2.40. The SMILES string of the molecule is CC1(C)CNCC2(CCCC(C(F)(F)F)C2)O1. The van der Waals surface area contributed by atoms with E-state index in [-0.39, 0.29) is 18.4 Å². The molecule has 1 saturated carbocycles. The van der Waals surface area contributed by atoms with Gasteiger partial charge in [0.25, 0.3) is 0 Å². The Morgan fingerprint density at radius 3 is 2.53 bits per heavy atom. The number of hydrogen-bond acceptors (Lipinski definition) is 2. The van der Waals surface area contributed by atoms with Crippen molar-refractivity contribution in [2.24, 2.45) is 5.92 Å². The third kappa shape index (κ3) is 2.94. The second kappa shape index (κ2) is 4.12. The lowest BCUT2D eigenvalue weighted by Gasteiger charge is -2.49. The number of alkyl halides is 3. The molecular formula is C12H20F3NO. The summed E-state index contributed by atoms with van der Waals surface area (Å²) in [6, 6.07) is 0. The molecule has 2 rings (SSSR count). The van der Waals surface area contributed by atoms with Crippen molar-refractivity contribution >= 4 is 0 Å². The summed E-state index contributed by atoms with van der Waals surface area (Å²) in [4.78, 5) is 0. The van der Waals surface area contributed by atoms with Crippen LogP contribution in [-0.2, 0) is 4.74 Å². The summed E-state index contributed by atoms with van der Waals surface area (Å²) >= 11 is 0. The number of rotatable bonds is 0. The Kier molecular flexibility index (Phi) is 3.19. The van der Waals surface area contributed by atoms with E-state index in [1.807, 2.05) is 13.8 Å². The third-order valence-corrected chi connectivity index (χ3v) is 3.76. The molecule has 1 saturated heterocycles. The van der Waals surface area contributed by atoms with Crippen molar-refractivity contribution in [3.05, 3.63) is 0 Å². The summed E-state index contributed by atoms with van der Waals surface area (Å²) < 4.78 is 44.4. The number of morpholine rings is 1. The largest absolute Gasteiger partial charge is 0.391 e. The van der Waals surface area contributed by atoms with Gasteiger partial charge in [-0.05, 0) is 39.5 Å². The van der Waals surface area contributed by atoms with Gasteiger partial charge in [-0.1, -0.05) is 0 Å². The van der Waals surface area contributed by atoms with Gasteiger partial charge in [0.1, 0.15) is 0 Å². The first-order valence-corrected chi connectivity index (χ1v) is 6.20. The first kappa shape index (κ1) is 13.1. The maximum Gasteiger partial charge on any atom is 0.391 e. The van der Waals surface area contributed by atoms with E-state index in [1.54, 1.807) is 0 Å². The molecule has 100 valence electrons. The van der Waals surface area contributed by atoms with Gasteiger partial charge in [0, 0.05) is 13.1 Å². The van der Waals surface area contributed by atoms with Gasteiger partial charge in [-0.15, -0.1) is 0 Å². The average molecular weight is 251 g/mol. The quantitative estimate of drug-likeness (QED) is 0.714. The van der Waals surface area contributed by atoms with Crippen LogP contribution in [-0.4, -0.2) is 30.5 Å². The lowest BCUT2D eigenvalue weighted by Crippen LogP contribution is -2.60. The minimum atomic E-state index is -4.08. The monoisotopic (exact) mass is 251 g/mol. The van der Waals surface area contributed by atoms with E-state index < -0.39 is 17.7 Å². The highest BCUT2D eigenvalue weighted by atomic mass is 19.4. The molecule has 0 radical (unpaired) electrons. The molecule has 1 aliphatic carbocycles. The molecule has 2 atom stereocenters. The lowest BCUT2D eigenvalue weighted by atomic mass is 9.76. The first-order chi connectivity index (χ1) is 7.73. The van der Waals surface area contributed by atoms with Crippen molar-refractivity contribution in [1.82, 2.24) is 5.32 Å². The fourth-order valence-corrected chi connectivity index (χ4v) is 3.11. The number of nitrogens with one attached hydrogen (secondary N) is 1. The van der Waals surface area contributed by atoms with Crippen molar-refractivity contribution in [3.8, 4) is 0 Å². The van der Waals surface area contributed by atoms with Gasteiger partial charge < -0.3 is 10.1 Å². The van der Waals surface area contributed by atoms with Crippen LogP contribution >= 0.6 is 0 Å². The molecule has 17 heavy (non-hydrogen) atoms. The zero-order valence-electron chi connectivity index (χ0n) is 10.4. The zero-order valence-corrected chi connectivity index (χ0v) is 10.4. The molecule has 1 heterocycles. The number of ether oxygens (including phenoxy) is 1. The Morgan fingerprint density at radius 1 is 1.24 bits per heavy atom. The third-order valence-electron chi connectivity index (χ3n) is 3.76. The van der Waals surface area contributed by atoms with Crippen LogP contribution in [0.5, 0.6) is 0 Å². The fraction of sp³-hybridized carbons (Fsp3) is 1.00. The van der Waals surface area contributed by atoms with Crippen LogP contribution in [0.1, 0.15) is 39.5 Å². The first-order valence-electron chi connectivity index (χ1n) is 6.20. The van der Waals surface area contributed by atoms with E-state index in [2.05, 4.69) is 5.32 Å². The van der Waals surface area contributed by atoms with Crippen LogP contribution in [0.25, 0.3) is 0 Å². The van der Waals surface area contributed by atoms with Gasteiger partial charge in [-0.3, -0.25) is 0 Å². The summed E-state index contributed by atoms with van der Waals surface area (Å²) in [5, 5.41) is 3.22. The molecule has 0 amide bonds. The average Bonchev–Trinajstić information content (AvgIpc) is 2.14. The number of halogens is 3. The molecule has 0 aromatic heterocycles. The van der Waals surface area contributed by atoms with Crippen LogP contribution in [0.3, 0.4) is 0 Å². The van der Waals surface area contributed by atoms with Gasteiger partial charge in [0.05, 0.1) is 17.1 Å². The molecule has 2 nitrogen and oxygen atoms in total. The highest BCUT2D eigenvalue weighted by molar-refractivity contribution is 4.97. The molecular weight excluding hydrogens is 231 g/mol. The van der Waals surface area contributed by atoms with E-state index >= 15 is 0 Å². The Hall–Kier alpha value is -0.290. The van der Waals surface area contributed by atoms with E-state index in [9.17, 15) is 13.2 Å². The normalized spacial score (nSPS) is 38.3. The minimum Gasteiger partial charge on any atom is -0.366 e. The molecule has 0 aromatic rings. The van der Waals surface area contributed by atoms with E-state index in [4.69, 9.17) is 4.74 Å². The molecule has 1 spiro atoms. The summed E-state index contributed by atoms with van der Waals surface area (Å²) in [5.74, 6) is -1.20. The molecule has 2 aliphatic rings. The second-order valence-corrected chi connectivity index (χ2v) is 5.98. The molecule has 5 heteroatoms. The molecule has 0 bridgehead atoms. The van der Waals surface area contributed by atoms with Gasteiger partial charge in [-0.25, -0.2) is 0 Å². The van der Waals surface area contributed by atoms with Crippen molar-refractivity contribution < 1.29 is 17.9 Å². The second-order valence-electron chi connectivity index (χ2n) is 5.98. The minimum absolute atomic E-state index is 0.104. The lowest BCUT2D eigenvalue weighted by molar-refractivity contribution is -0.232. The molecule has 2 fully saturated rings. The summed E-state index contributed by atoms with van der Waals surface area (Å²) in [6.45, 7) is 5.10. The zero-order chi connectivity index (χ0) is 12.7. The van der Waals surface area contributed by atoms with E-state index in [0.29, 0.717) is 19.5 Å². The molecule has 2 unspecified atom stereocenters. The topological polar surface area (TPSA) is 21.3 Å². The van der Waals surface area contributed by atoms with Gasteiger partial charge in [0.2, 0.25) is 0 Å². The smallest absolute Gasteiger partial charge is 0.366 e.